The Kier molecular flexibility index (Phi) is 7.60. The number of amides is 1. The molecule has 0 aromatic heterocycles. The summed E-state index contributed by atoms with van der Waals surface area (Å²) in [6, 6.07) is 6.13. The highest BCUT2D eigenvalue weighted by Crippen LogP contribution is 2.24. The summed E-state index contributed by atoms with van der Waals surface area (Å²) in [4.78, 5) is 35.4. The molecule has 0 heterocycles. The third-order valence-corrected chi connectivity index (χ3v) is 3.31. The Morgan fingerprint density at radius 1 is 1.12 bits per heavy atom. The molecule has 1 aromatic carbocycles. The van der Waals surface area contributed by atoms with Gasteiger partial charge in [0.25, 0.3) is 5.91 Å². The molecular weight excluding hydrogens is 355 g/mol. The lowest BCUT2D eigenvalue weighted by molar-refractivity contribution is -0.205. The second-order valence-corrected chi connectivity index (χ2v) is 5.91. The number of ether oxygens (including phenoxy) is 2. The van der Waals surface area contributed by atoms with Crippen LogP contribution in [0.1, 0.15) is 31.9 Å². The quantitative estimate of drug-likeness (QED) is 0.741. The number of esters is 2. The van der Waals surface area contributed by atoms with E-state index in [0.29, 0.717) is 0 Å². The number of rotatable bonds is 7. The summed E-state index contributed by atoms with van der Waals surface area (Å²) >= 11 is 0. The van der Waals surface area contributed by atoms with Crippen molar-refractivity contribution in [2.24, 2.45) is 5.92 Å². The first kappa shape index (κ1) is 21.5. The van der Waals surface area contributed by atoms with Crippen molar-refractivity contribution in [2.75, 3.05) is 7.11 Å². The molecule has 6 nitrogen and oxygen atoms in total. The maximum Gasteiger partial charge on any atom is 0.490 e. The maximum atomic E-state index is 12.5. The van der Waals surface area contributed by atoms with Crippen LogP contribution in [0.15, 0.2) is 30.3 Å². The first-order valence-corrected chi connectivity index (χ1v) is 7.77. The molecular formula is C17H20F3NO5. The summed E-state index contributed by atoms with van der Waals surface area (Å²) in [6.07, 6.45) is -6.91. The first-order valence-electron chi connectivity index (χ1n) is 7.77. The van der Waals surface area contributed by atoms with Crippen LogP contribution in [0.4, 0.5) is 13.2 Å². The SMILES string of the molecule is COC(=O)[C@H](CC(C)C)NC(=O)[C@@H](OC(=O)C(F)(F)F)c1ccccc1. The topological polar surface area (TPSA) is 81.7 Å². The molecule has 1 aromatic rings. The number of methoxy groups -OCH3 is 1. The van der Waals surface area contributed by atoms with E-state index in [1.165, 1.54) is 24.3 Å². The third kappa shape index (κ3) is 6.38. The second kappa shape index (κ2) is 9.21. The molecule has 0 aliphatic rings. The van der Waals surface area contributed by atoms with Gasteiger partial charge in [0.15, 0.2) is 0 Å². The first-order chi connectivity index (χ1) is 12.1. The van der Waals surface area contributed by atoms with Gasteiger partial charge in [-0.25, -0.2) is 9.59 Å². The minimum atomic E-state index is -5.26. The monoisotopic (exact) mass is 375 g/mol. The molecule has 0 saturated heterocycles. The third-order valence-electron chi connectivity index (χ3n) is 3.31. The van der Waals surface area contributed by atoms with Crippen LogP contribution < -0.4 is 5.32 Å². The summed E-state index contributed by atoms with van der Waals surface area (Å²) in [7, 11) is 1.13. The van der Waals surface area contributed by atoms with Crippen molar-refractivity contribution in [3.05, 3.63) is 35.9 Å². The number of carbonyl (C=O) groups is 3. The average Bonchev–Trinajstić information content (AvgIpc) is 2.57. The van der Waals surface area contributed by atoms with E-state index in [9.17, 15) is 27.6 Å². The van der Waals surface area contributed by atoms with Gasteiger partial charge in [0.1, 0.15) is 6.04 Å². The minimum Gasteiger partial charge on any atom is -0.467 e. The molecule has 2 atom stereocenters. The number of carbonyl (C=O) groups excluding carboxylic acids is 3. The van der Waals surface area contributed by atoms with Crippen molar-refractivity contribution < 1.29 is 37.0 Å². The van der Waals surface area contributed by atoms with Gasteiger partial charge in [0.05, 0.1) is 7.11 Å². The standard InChI is InChI=1S/C17H20F3NO5/c1-10(2)9-12(15(23)25-3)21-14(22)13(11-7-5-4-6-8-11)26-16(24)17(18,19)20/h4-8,10,12-13H,9H2,1-3H3,(H,21,22)/t12-,13-/m0/s1. The molecule has 0 saturated carbocycles. The fourth-order valence-corrected chi connectivity index (χ4v) is 2.15. The van der Waals surface area contributed by atoms with Crippen LogP contribution in [0.5, 0.6) is 0 Å². The predicted octanol–water partition coefficient (Wildman–Crippen LogP) is 2.54. The molecule has 9 heteroatoms. The van der Waals surface area contributed by atoms with Crippen molar-refractivity contribution in [3.63, 3.8) is 0 Å². The van der Waals surface area contributed by atoms with Gasteiger partial charge in [0.2, 0.25) is 6.10 Å². The van der Waals surface area contributed by atoms with E-state index < -0.39 is 36.2 Å². The zero-order valence-electron chi connectivity index (χ0n) is 14.5. The van der Waals surface area contributed by atoms with Crippen LogP contribution >= 0.6 is 0 Å². The smallest absolute Gasteiger partial charge is 0.467 e. The Balaban J connectivity index is 3.06. The molecule has 0 spiro atoms. The number of nitrogens with one attached hydrogen (secondary N) is 1. The van der Waals surface area contributed by atoms with Crippen LogP contribution in [0, 0.1) is 5.92 Å². The Morgan fingerprint density at radius 3 is 2.15 bits per heavy atom. The number of hydrogen-bond acceptors (Lipinski definition) is 5. The molecule has 26 heavy (non-hydrogen) atoms. The molecule has 0 unspecified atom stereocenters. The zero-order chi connectivity index (χ0) is 19.9. The van der Waals surface area contributed by atoms with Crippen molar-refractivity contribution >= 4 is 17.8 Å². The lowest BCUT2D eigenvalue weighted by atomic mass is 10.0. The highest BCUT2D eigenvalue weighted by Gasteiger charge is 2.44. The Labute approximate surface area is 148 Å². The lowest BCUT2D eigenvalue weighted by Crippen LogP contribution is -2.45. The van der Waals surface area contributed by atoms with Crippen molar-refractivity contribution in [3.8, 4) is 0 Å². The Bertz CT molecular complexity index is 631. The summed E-state index contributed by atoms with van der Waals surface area (Å²) in [5.74, 6) is -4.31. The van der Waals surface area contributed by atoms with Crippen molar-refractivity contribution in [2.45, 2.75) is 38.6 Å². The van der Waals surface area contributed by atoms with Gasteiger partial charge in [0, 0.05) is 5.56 Å². The highest BCUT2D eigenvalue weighted by molar-refractivity contribution is 5.89. The molecule has 0 aliphatic carbocycles. The number of alkyl halides is 3. The molecule has 0 bridgehead atoms. The molecule has 144 valence electrons. The fourth-order valence-electron chi connectivity index (χ4n) is 2.15. The summed E-state index contributed by atoms with van der Waals surface area (Å²) in [5.41, 5.74) is 0.0377. The van der Waals surface area contributed by atoms with E-state index in [1.807, 2.05) is 0 Å². The van der Waals surface area contributed by atoms with E-state index in [0.717, 1.165) is 7.11 Å². The van der Waals surface area contributed by atoms with Crippen LogP contribution in [0.3, 0.4) is 0 Å². The second-order valence-electron chi connectivity index (χ2n) is 5.91. The summed E-state index contributed by atoms with van der Waals surface area (Å²) in [5, 5.41) is 2.30. The van der Waals surface area contributed by atoms with Crippen molar-refractivity contribution in [1.29, 1.82) is 0 Å². The van der Waals surface area contributed by atoms with Gasteiger partial charge in [-0.15, -0.1) is 0 Å². The van der Waals surface area contributed by atoms with Crippen LogP contribution in [-0.2, 0) is 23.9 Å². The van der Waals surface area contributed by atoms with E-state index >= 15 is 0 Å². The fraction of sp³-hybridized carbons (Fsp3) is 0.471. The lowest BCUT2D eigenvalue weighted by Gasteiger charge is -2.23. The van der Waals surface area contributed by atoms with Crippen LogP contribution in [0.25, 0.3) is 0 Å². The van der Waals surface area contributed by atoms with Gasteiger partial charge in [-0.05, 0) is 12.3 Å². The van der Waals surface area contributed by atoms with E-state index in [4.69, 9.17) is 0 Å². The summed E-state index contributed by atoms with van der Waals surface area (Å²) in [6.45, 7) is 3.58. The van der Waals surface area contributed by atoms with E-state index in [1.54, 1.807) is 19.9 Å². The van der Waals surface area contributed by atoms with Gasteiger partial charge < -0.3 is 14.8 Å². The molecule has 0 radical (unpaired) electrons. The van der Waals surface area contributed by atoms with E-state index in [2.05, 4.69) is 14.8 Å². The minimum absolute atomic E-state index is 0.00713. The molecule has 0 fully saturated rings. The van der Waals surface area contributed by atoms with Crippen molar-refractivity contribution in [1.82, 2.24) is 5.32 Å². The van der Waals surface area contributed by atoms with Gasteiger partial charge in [-0.3, -0.25) is 4.79 Å². The normalized spacial score (nSPS) is 13.7. The van der Waals surface area contributed by atoms with Gasteiger partial charge in [-0.1, -0.05) is 44.2 Å². The summed E-state index contributed by atoms with van der Waals surface area (Å²) < 4.78 is 46.5. The van der Waals surface area contributed by atoms with Gasteiger partial charge >= 0.3 is 18.1 Å². The molecule has 1 amide bonds. The van der Waals surface area contributed by atoms with E-state index in [-0.39, 0.29) is 17.9 Å². The van der Waals surface area contributed by atoms with Gasteiger partial charge in [-0.2, -0.15) is 13.2 Å². The van der Waals surface area contributed by atoms with Crippen LogP contribution in [-0.4, -0.2) is 37.2 Å². The maximum absolute atomic E-state index is 12.5. The molecule has 0 aliphatic heterocycles. The number of benzene rings is 1. The molecule has 1 N–H and O–H groups in total. The predicted molar refractivity (Wildman–Crippen MR) is 84.7 cm³/mol. The number of halogens is 3. The average molecular weight is 375 g/mol. The largest absolute Gasteiger partial charge is 0.490 e. The highest BCUT2D eigenvalue weighted by atomic mass is 19.4. The number of hydrogen-bond donors (Lipinski definition) is 1. The molecule has 1 rings (SSSR count). The van der Waals surface area contributed by atoms with Crippen LogP contribution in [0.2, 0.25) is 0 Å². The Hall–Kier alpha value is -2.58. The Morgan fingerprint density at radius 2 is 1.69 bits per heavy atom. The zero-order valence-corrected chi connectivity index (χ0v) is 14.5.